The van der Waals surface area contributed by atoms with Gasteiger partial charge in [0, 0.05) is 49.1 Å². The van der Waals surface area contributed by atoms with Crippen LogP contribution in [0.1, 0.15) is 39.5 Å². The Morgan fingerprint density at radius 3 is 2.20 bits per heavy atom. The van der Waals surface area contributed by atoms with Gasteiger partial charge in [-0.15, -0.1) is 0 Å². The number of rotatable bonds is 8. The van der Waals surface area contributed by atoms with Gasteiger partial charge in [0.1, 0.15) is 12.6 Å². The topological polar surface area (TPSA) is 192 Å². The molecular formula is C30H34N4O11. The molecule has 4 atom stereocenters. The summed E-state index contributed by atoms with van der Waals surface area (Å²) in [4.78, 5) is 92.0. The number of fused-ring (bicyclic) bond motifs is 4. The fourth-order valence-electron chi connectivity index (χ4n) is 7.61. The summed E-state index contributed by atoms with van der Waals surface area (Å²) in [5.74, 6) is -3.08. The number of carbonyl (C=O) groups is 7. The Morgan fingerprint density at radius 2 is 1.58 bits per heavy atom. The van der Waals surface area contributed by atoms with Gasteiger partial charge < -0.3 is 29.6 Å². The summed E-state index contributed by atoms with van der Waals surface area (Å²) in [5.41, 5.74) is 4.75. The summed E-state index contributed by atoms with van der Waals surface area (Å²) in [6.45, 7) is 2.65. The highest BCUT2D eigenvalue weighted by Crippen LogP contribution is 2.60. The number of amides is 4. The van der Waals surface area contributed by atoms with Gasteiger partial charge in [0.25, 0.3) is 11.8 Å². The van der Waals surface area contributed by atoms with Crippen LogP contribution >= 0.6 is 0 Å². The average Bonchev–Trinajstić information content (AvgIpc) is 3.36. The molecule has 1 saturated carbocycles. The van der Waals surface area contributed by atoms with Crippen LogP contribution in [0.25, 0.3) is 0 Å². The smallest absolute Gasteiger partial charge is 0.413 e. The molecule has 6 aliphatic rings. The van der Waals surface area contributed by atoms with Crippen LogP contribution in [0.5, 0.6) is 0 Å². The normalized spacial score (nSPS) is 31.8. The Bertz CT molecular complexity index is 1490. The molecule has 0 spiro atoms. The number of nitrogens with zero attached hydrogens (tertiary/aromatic N) is 3. The first kappa shape index (κ1) is 30.5. The van der Waals surface area contributed by atoms with Crippen LogP contribution in [0.4, 0.5) is 9.59 Å². The number of carbonyl (C=O) groups excluding carboxylic acids is 7. The number of ketones is 2. The van der Waals surface area contributed by atoms with Crippen molar-refractivity contribution in [3.63, 3.8) is 0 Å². The van der Waals surface area contributed by atoms with Crippen molar-refractivity contribution in [2.45, 2.75) is 57.3 Å². The summed E-state index contributed by atoms with van der Waals surface area (Å²) in [5, 5.41) is 0. The molecule has 3 fully saturated rings. The van der Waals surface area contributed by atoms with Gasteiger partial charge in [-0.1, -0.05) is 0 Å². The second kappa shape index (κ2) is 11.1. The van der Waals surface area contributed by atoms with E-state index in [4.69, 9.17) is 24.7 Å². The van der Waals surface area contributed by atoms with Crippen LogP contribution in [0.15, 0.2) is 34.6 Å². The third kappa shape index (κ3) is 4.71. The van der Waals surface area contributed by atoms with E-state index < -0.39 is 54.6 Å². The Morgan fingerprint density at radius 1 is 0.933 bits per heavy atom. The van der Waals surface area contributed by atoms with E-state index in [9.17, 15) is 33.6 Å². The van der Waals surface area contributed by atoms with Gasteiger partial charge in [0.05, 0.1) is 23.6 Å². The van der Waals surface area contributed by atoms with E-state index in [2.05, 4.69) is 0 Å². The highest BCUT2D eigenvalue weighted by atomic mass is 16.7. The van der Waals surface area contributed by atoms with Crippen molar-refractivity contribution >= 4 is 41.5 Å². The van der Waals surface area contributed by atoms with E-state index in [0.29, 0.717) is 37.8 Å². The maximum atomic E-state index is 13.4. The number of ether oxygens (including phenoxy) is 4. The fraction of sp³-hybridized carbons (Fsp3) is 0.567. The fourth-order valence-corrected chi connectivity index (χ4v) is 7.61. The first-order valence-electron chi connectivity index (χ1n) is 14.8. The maximum Gasteiger partial charge on any atom is 0.413 e. The minimum Gasteiger partial charge on any atom is -0.449 e. The summed E-state index contributed by atoms with van der Waals surface area (Å²) < 4.78 is 21.6. The highest BCUT2D eigenvalue weighted by molar-refractivity contribution is 6.25. The van der Waals surface area contributed by atoms with E-state index in [1.165, 1.54) is 29.1 Å². The number of piperazine rings is 1. The lowest BCUT2D eigenvalue weighted by Gasteiger charge is -2.40. The third-order valence-electron chi connectivity index (χ3n) is 10.1. The predicted octanol–water partition coefficient (Wildman–Crippen LogP) is 0.534. The van der Waals surface area contributed by atoms with Gasteiger partial charge in [0.2, 0.25) is 12.6 Å². The number of esters is 1. The predicted molar refractivity (Wildman–Crippen MR) is 149 cm³/mol. The zero-order chi connectivity index (χ0) is 32.4. The number of nitrogens with two attached hydrogens (primary N) is 1. The monoisotopic (exact) mass is 626 g/mol. The molecule has 0 aromatic heterocycles. The lowest BCUT2D eigenvalue weighted by molar-refractivity contribution is -0.160. The minimum absolute atomic E-state index is 0.0940. The van der Waals surface area contributed by atoms with E-state index in [1.54, 1.807) is 18.7 Å². The average molecular weight is 627 g/mol. The van der Waals surface area contributed by atoms with Crippen LogP contribution in [0.2, 0.25) is 0 Å². The number of Topliss-reactive ketones (excluding diaryl/α,β-unsaturated/α-hetero) is 2. The largest absolute Gasteiger partial charge is 0.449 e. The Hall–Kier alpha value is -4.53. The lowest BCUT2D eigenvalue weighted by Crippen LogP contribution is -2.56. The quantitative estimate of drug-likeness (QED) is 0.129. The first-order valence-corrected chi connectivity index (χ1v) is 14.8. The number of primary amides is 1. The molecule has 0 aromatic rings. The number of hydrogen-bond donors (Lipinski definition) is 1. The van der Waals surface area contributed by atoms with Crippen LogP contribution in [-0.4, -0.2) is 108 Å². The number of hydrogen-bond acceptors (Lipinski definition) is 12. The van der Waals surface area contributed by atoms with E-state index in [-0.39, 0.29) is 59.3 Å². The van der Waals surface area contributed by atoms with Crippen molar-refractivity contribution in [2.24, 2.45) is 23.5 Å². The van der Waals surface area contributed by atoms with E-state index in [0.717, 1.165) is 0 Å². The standard InChI is InChI=1S/C30H34N4O11/c1-14-15(2)25(38)23-22(24(14)37)18(12-43-28(31)40)30(42-3)26-19(11-33(23)30)34(26)29(41)45-13-44-27(39)17-6-4-16(5-7-17)10-32-20(35)8-9-21(32)36/h8-9,16-19,26H,4-7,10-13H2,1-3H3,(H2,31,40)/t16?,17?,18-,19+,26+,30-,34?/m1/s1. The Kier molecular flexibility index (Phi) is 7.54. The van der Waals surface area contributed by atoms with Crippen LogP contribution < -0.4 is 5.73 Å². The molecule has 45 heavy (non-hydrogen) atoms. The van der Waals surface area contributed by atoms with Gasteiger partial charge in [-0.3, -0.25) is 33.8 Å². The molecule has 0 bridgehead atoms. The van der Waals surface area contributed by atoms with E-state index >= 15 is 0 Å². The molecule has 4 heterocycles. The van der Waals surface area contributed by atoms with Crippen LogP contribution in [0.3, 0.4) is 0 Å². The van der Waals surface area contributed by atoms with Crippen molar-refractivity contribution < 1.29 is 52.5 Å². The van der Waals surface area contributed by atoms with Crippen LogP contribution in [0, 0.1) is 17.8 Å². The van der Waals surface area contributed by atoms with Crippen molar-refractivity contribution in [3.8, 4) is 0 Å². The molecule has 0 unspecified atom stereocenters. The van der Waals surface area contributed by atoms with E-state index in [1.807, 2.05) is 0 Å². The second-order valence-electron chi connectivity index (χ2n) is 12.2. The molecular weight excluding hydrogens is 592 g/mol. The number of allylic oxidation sites excluding steroid dienone is 2. The summed E-state index contributed by atoms with van der Waals surface area (Å²) in [7, 11) is 1.39. The lowest BCUT2D eigenvalue weighted by atomic mass is 9.81. The second-order valence-corrected chi connectivity index (χ2v) is 12.2. The van der Waals surface area contributed by atoms with Gasteiger partial charge in [-0.25, -0.2) is 9.59 Å². The molecule has 0 radical (unpaired) electrons. The van der Waals surface area contributed by atoms with Crippen molar-refractivity contribution in [1.82, 2.24) is 14.7 Å². The van der Waals surface area contributed by atoms with Gasteiger partial charge >= 0.3 is 18.2 Å². The summed E-state index contributed by atoms with van der Waals surface area (Å²) >= 11 is 0. The zero-order valence-corrected chi connectivity index (χ0v) is 25.1. The molecule has 240 valence electrons. The summed E-state index contributed by atoms with van der Waals surface area (Å²) in [6, 6.07) is -1.09. The van der Waals surface area contributed by atoms with Crippen LogP contribution in [-0.2, 0) is 42.9 Å². The third-order valence-corrected chi connectivity index (χ3v) is 10.1. The SMILES string of the molecule is CO[C@@]12[C@H](COC(N)=O)C3=C(C(=O)C(C)=C(C)C3=O)N1C[C@H]1[C@@H]2N1C(=O)OCOC(=O)C1CCC(CN2C(=O)C=CC2=O)CC1. The molecule has 4 aliphatic heterocycles. The molecule has 2 saturated heterocycles. The number of imide groups is 1. The Balaban J connectivity index is 1.05. The highest BCUT2D eigenvalue weighted by Gasteiger charge is 2.78. The molecule has 6 rings (SSSR count). The number of methoxy groups -OCH3 is 1. The summed E-state index contributed by atoms with van der Waals surface area (Å²) in [6.07, 6.45) is 2.98. The van der Waals surface area contributed by atoms with Crippen molar-refractivity contribution in [2.75, 3.05) is 33.6 Å². The van der Waals surface area contributed by atoms with Gasteiger partial charge in [-0.2, -0.15) is 0 Å². The molecule has 15 nitrogen and oxygen atoms in total. The van der Waals surface area contributed by atoms with Crippen molar-refractivity contribution in [1.29, 1.82) is 0 Å². The maximum absolute atomic E-state index is 13.4. The zero-order valence-electron chi connectivity index (χ0n) is 25.1. The molecule has 4 amide bonds. The van der Waals surface area contributed by atoms with Crippen molar-refractivity contribution in [3.05, 3.63) is 34.6 Å². The van der Waals surface area contributed by atoms with Gasteiger partial charge in [0.15, 0.2) is 11.5 Å². The molecule has 2 aliphatic carbocycles. The molecule has 2 N–H and O–H groups in total. The minimum atomic E-state index is -1.39. The first-order chi connectivity index (χ1) is 21.4. The molecule has 0 aromatic carbocycles. The Labute approximate surface area is 257 Å². The van der Waals surface area contributed by atoms with Gasteiger partial charge in [-0.05, 0) is 45.4 Å². The molecule has 15 heteroatoms.